The second kappa shape index (κ2) is 6.72. The molecule has 1 saturated carbocycles. The summed E-state index contributed by atoms with van der Waals surface area (Å²) in [5, 5.41) is 10.9. The zero-order valence-electron chi connectivity index (χ0n) is 12.8. The van der Waals surface area contributed by atoms with Crippen molar-refractivity contribution in [2.24, 2.45) is 5.92 Å². The summed E-state index contributed by atoms with van der Waals surface area (Å²) in [6.07, 6.45) is 4.69. The maximum atomic E-state index is 11.9. The fraction of sp³-hybridized carbons (Fsp3) is 0.600. The number of aryl methyl sites for hydroxylation is 1. The number of hydrogen-bond donors (Lipinski definition) is 0. The molecule has 7 nitrogen and oxygen atoms in total. The highest BCUT2D eigenvalue weighted by atomic mass is 16.6. The van der Waals surface area contributed by atoms with E-state index in [1.54, 1.807) is 0 Å². The Morgan fingerprint density at radius 1 is 1.41 bits per heavy atom. The number of esters is 1. The minimum absolute atomic E-state index is 0.111. The number of pyridine rings is 1. The summed E-state index contributed by atoms with van der Waals surface area (Å²) in [6, 6.07) is 1.16. The van der Waals surface area contributed by atoms with Gasteiger partial charge in [0.15, 0.2) is 0 Å². The molecule has 0 unspecified atom stereocenters. The van der Waals surface area contributed by atoms with E-state index in [1.165, 1.54) is 6.92 Å². The number of rotatable bonds is 4. The molecule has 22 heavy (non-hydrogen) atoms. The van der Waals surface area contributed by atoms with E-state index >= 15 is 0 Å². The number of nitro groups is 1. The second-order valence-corrected chi connectivity index (χ2v) is 5.94. The van der Waals surface area contributed by atoms with Gasteiger partial charge in [0.25, 0.3) is 11.2 Å². The van der Waals surface area contributed by atoms with Crippen LogP contribution in [-0.4, -0.2) is 21.6 Å². The molecule has 0 amide bonds. The predicted molar refractivity (Wildman–Crippen MR) is 79.6 cm³/mol. The van der Waals surface area contributed by atoms with Crippen LogP contribution in [0.15, 0.2) is 17.1 Å². The SMILES string of the molecule is Cc1cc(=O)n(CC(=O)OC2CCC(C)CC2)cc1[N+](=O)[O-]. The Morgan fingerprint density at radius 2 is 2.05 bits per heavy atom. The van der Waals surface area contributed by atoms with E-state index in [9.17, 15) is 19.7 Å². The molecule has 7 heteroatoms. The molecule has 0 aliphatic heterocycles. The molecule has 1 aromatic rings. The Bertz CT molecular complexity index is 629. The molecule has 0 N–H and O–H groups in total. The highest BCUT2D eigenvalue weighted by molar-refractivity contribution is 5.69. The maximum Gasteiger partial charge on any atom is 0.326 e. The zero-order chi connectivity index (χ0) is 16.3. The minimum atomic E-state index is -0.570. The van der Waals surface area contributed by atoms with Crippen LogP contribution in [0.2, 0.25) is 0 Å². The summed E-state index contributed by atoms with van der Waals surface area (Å²) in [4.78, 5) is 34.1. The standard InChI is InChI=1S/C15H20N2O5/c1-10-3-5-12(6-4-10)22-15(19)9-16-8-13(17(20)21)11(2)7-14(16)18/h7-8,10,12H,3-6,9H2,1-2H3. The van der Waals surface area contributed by atoms with Crippen LogP contribution in [0, 0.1) is 23.0 Å². The smallest absolute Gasteiger partial charge is 0.326 e. The average Bonchev–Trinajstić information content (AvgIpc) is 2.44. The minimum Gasteiger partial charge on any atom is -0.461 e. The fourth-order valence-electron chi connectivity index (χ4n) is 2.68. The van der Waals surface area contributed by atoms with Crippen LogP contribution >= 0.6 is 0 Å². The van der Waals surface area contributed by atoms with E-state index in [-0.39, 0.29) is 23.9 Å². The quantitative estimate of drug-likeness (QED) is 0.483. The van der Waals surface area contributed by atoms with Gasteiger partial charge in [-0.1, -0.05) is 6.92 Å². The number of carbonyl (C=O) groups excluding carboxylic acids is 1. The van der Waals surface area contributed by atoms with Crippen LogP contribution in [0.5, 0.6) is 0 Å². The molecule has 1 heterocycles. The molecule has 0 atom stereocenters. The first-order valence-electron chi connectivity index (χ1n) is 7.41. The van der Waals surface area contributed by atoms with Crippen molar-refractivity contribution < 1.29 is 14.5 Å². The van der Waals surface area contributed by atoms with Crippen LogP contribution in [0.3, 0.4) is 0 Å². The Labute approximate surface area is 128 Å². The Kier molecular flexibility index (Phi) is 4.95. The van der Waals surface area contributed by atoms with Gasteiger partial charge in [-0.05, 0) is 38.5 Å². The molecule has 1 fully saturated rings. The van der Waals surface area contributed by atoms with Gasteiger partial charge in [-0.3, -0.25) is 24.3 Å². The number of ether oxygens (including phenoxy) is 1. The Morgan fingerprint density at radius 3 is 2.64 bits per heavy atom. The summed E-state index contributed by atoms with van der Waals surface area (Å²) in [5.74, 6) is 0.122. The van der Waals surface area contributed by atoms with Crippen molar-refractivity contribution in [1.82, 2.24) is 4.57 Å². The van der Waals surface area contributed by atoms with Crippen molar-refractivity contribution in [3.8, 4) is 0 Å². The van der Waals surface area contributed by atoms with E-state index in [4.69, 9.17) is 4.74 Å². The van der Waals surface area contributed by atoms with Crippen molar-refractivity contribution in [3.05, 3.63) is 38.3 Å². The lowest BCUT2D eigenvalue weighted by Gasteiger charge is -2.26. The van der Waals surface area contributed by atoms with Crippen molar-refractivity contribution in [1.29, 1.82) is 0 Å². The molecular formula is C15H20N2O5. The van der Waals surface area contributed by atoms with Gasteiger partial charge >= 0.3 is 5.97 Å². The first-order chi connectivity index (χ1) is 10.4. The Hall–Kier alpha value is -2.18. The van der Waals surface area contributed by atoms with E-state index in [0.717, 1.165) is 42.5 Å². The zero-order valence-corrected chi connectivity index (χ0v) is 12.8. The number of aromatic nitrogens is 1. The molecule has 120 valence electrons. The lowest BCUT2D eigenvalue weighted by molar-refractivity contribution is -0.385. The molecule has 0 saturated heterocycles. The van der Waals surface area contributed by atoms with Gasteiger partial charge in [-0.15, -0.1) is 0 Å². The molecule has 0 spiro atoms. The average molecular weight is 308 g/mol. The molecule has 2 rings (SSSR count). The number of nitrogens with zero attached hydrogens (tertiary/aromatic N) is 2. The number of hydrogen-bond acceptors (Lipinski definition) is 5. The highest BCUT2D eigenvalue weighted by Gasteiger charge is 2.22. The lowest BCUT2D eigenvalue weighted by Crippen LogP contribution is -2.29. The van der Waals surface area contributed by atoms with Crippen molar-refractivity contribution in [2.75, 3.05) is 0 Å². The van der Waals surface area contributed by atoms with Gasteiger partial charge < -0.3 is 4.74 Å². The molecule has 0 bridgehead atoms. The van der Waals surface area contributed by atoms with E-state index in [0.29, 0.717) is 5.92 Å². The van der Waals surface area contributed by atoms with Gasteiger partial charge in [0.05, 0.1) is 11.1 Å². The third kappa shape index (κ3) is 3.93. The molecule has 1 aliphatic carbocycles. The summed E-state index contributed by atoms with van der Waals surface area (Å²) in [6.45, 7) is 3.36. The monoisotopic (exact) mass is 308 g/mol. The van der Waals surface area contributed by atoms with Crippen LogP contribution in [0.1, 0.15) is 38.2 Å². The Balaban J connectivity index is 2.04. The first-order valence-corrected chi connectivity index (χ1v) is 7.41. The van der Waals surface area contributed by atoms with E-state index in [1.807, 2.05) is 0 Å². The van der Waals surface area contributed by atoms with E-state index in [2.05, 4.69) is 6.92 Å². The predicted octanol–water partition coefficient (Wildman–Crippen LogP) is 2.19. The topological polar surface area (TPSA) is 91.4 Å². The molecule has 1 aromatic heterocycles. The maximum absolute atomic E-state index is 11.9. The summed E-state index contributed by atoms with van der Waals surface area (Å²) in [5.41, 5.74) is -0.350. The normalized spacial score (nSPS) is 21.4. The number of carbonyl (C=O) groups is 1. The lowest BCUT2D eigenvalue weighted by atomic mass is 9.89. The highest BCUT2D eigenvalue weighted by Crippen LogP contribution is 2.25. The largest absolute Gasteiger partial charge is 0.461 e. The summed E-state index contributed by atoms with van der Waals surface area (Å²) in [7, 11) is 0. The van der Waals surface area contributed by atoms with Crippen LogP contribution < -0.4 is 5.56 Å². The van der Waals surface area contributed by atoms with E-state index < -0.39 is 16.5 Å². The van der Waals surface area contributed by atoms with Gasteiger partial charge in [0.1, 0.15) is 12.6 Å². The van der Waals surface area contributed by atoms with Gasteiger partial charge in [-0.25, -0.2) is 0 Å². The first kappa shape index (κ1) is 16.2. The van der Waals surface area contributed by atoms with Crippen LogP contribution in [-0.2, 0) is 16.1 Å². The van der Waals surface area contributed by atoms with Gasteiger partial charge in [0, 0.05) is 11.6 Å². The third-order valence-electron chi connectivity index (χ3n) is 4.06. The fourth-order valence-corrected chi connectivity index (χ4v) is 2.68. The molecule has 0 aromatic carbocycles. The van der Waals surface area contributed by atoms with Crippen molar-refractivity contribution in [2.45, 2.75) is 52.2 Å². The van der Waals surface area contributed by atoms with Gasteiger partial charge in [-0.2, -0.15) is 0 Å². The molecular weight excluding hydrogens is 288 g/mol. The van der Waals surface area contributed by atoms with Crippen molar-refractivity contribution >= 4 is 11.7 Å². The third-order valence-corrected chi connectivity index (χ3v) is 4.06. The van der Waals surface area contributed by atoms with Crippen molar-refractivity contribution in [3.63, 3.8) is 0 Å². The van der Waals surface area contributed by atoms with Gasteiger partial charge in [0.2, 0.25) is 0 Å². The molecule has 1 aliphatic rings. The second-order valence-electron chi connectivity index (χ2n) is 5.94. The summed E-state index contributed by atoms with van der Waals surface area (Å²) >= 11 is 0. The molecule has 0 radical (unpaired) electrons. The summed E-state index contributed by atoms with van der Waals surface area (Å²) < 4.78 is 6.39. The van der Waals surface area contributed by atoms with Crippen LogP contribution in [0.4, 0.5) is 5.69 Å². The van der Waals surface area contributed by atoms with Crippen LogP contribution in [0.25, 0.3) is 0 Å².